The molecule has 0 bridgehead atoms. The molecule has 2 aliphatic heterocycles. The van der Waals surface area contributed by atoms with Crippen molar-refractivity contribution in [3.8, 4) is 34.7 Å². The van der Waals surface area contributed by atoms with Gasteiger partial charge in [-0.25, -0.2) is 0 Å². The predicted molar refractivity (Wildman–Crippen MR) is 164 cm³/mol. The number of aromatic hydroxyl groups is 1. The number of hydrogen-bond acceptors (Lipinski definition) is 11. The largest absolute Gasteiger partial charge is 0.508 e. The Morgan fingerprint density at radius 2 is 1.79 bits per heavy atom. The lowest BCUT2D eigenvalue weighted by atomic mass is 9.98. The van der Waals surface area contributed by atoms with E-state index < -0.39 is 55.7 Å². The topological polar surface area (TPSA) is 171 Å². The van der Waals surface area contributed by atoms with Crippen LogP contribution in [0.3, 0.4) is 0 Å². The number of phenols is 1. The Morgan fingerprint density at radius 3 is 2.57 bits per heavy atom. The molecular weight excluding hydrogens is 612 g/mol. The van der Waals surface area contributed by atoms with Gasteiger partial charge in [-0.2, -0.15) is 0 Å². The standard InChI is InChI=1S/C35H30O12/c36-23-9-7-22(8-10-23)26-18-44-27-16-24(11-12-25(27)31(26)40)46-35-34-33(32(41)28(47-35)19-45-30(39)17-29(37)38)42-14-3-6-20-4-1-2-5-21(20)13-15-43-34/h1-2,4-5,7-12,16,18,28,32-36,41H,6,13,15,17,19H2,(H,37,38). The third-order valence-corrected chi connectivity index (χ3v) is 7.85. The van der Waals surface area contributed by atoms with E-state index >= 15 is 0 Å². The second-order valence-electron chi connectivity index (χ2n) is 11.0. The summed E-state index contributed by atoms with van der Waals surface area (Å²) in [5.74, 6) is 0.884. The molecule has 0 radical (unpaired) electrons. The van der Waals surface area contributed by atoms with Gasteiger partial charge >= 0.3 is 11.9 Å². The fraction of sp³-hybridized carbons (Fsp3) is 0.286. The van der Waals surface area contributed by atoms with Gasteiger partial charge in [0.05, 0.1) is 17.6 Å². The van der Waals surface area contributed by atoms with E-state index in [0.717, 1.165) is 11.1 Å². The SMILES string of the molecule is O=C(O)CC(=O)OCC1OC(Oc2ccc3c(=O)c(-c4ccc(O)cc4)coc3c2)C2OCCc3ccccc3CC#COC2C1O. The molecule has 1 aromatic heterocycles. The lowest BCUT2D eigenvalue weighted by Gasteiger charge is -2.42. The van der Waals surface area contributed by atoms with Gasteiger partial charge in [0.1, 0.15) is 54.7 Å². The average Bonchev–Trinajstić information content (AvgIpc) is 3.09. The molecule has 4 aromatic rings. The molecule has 0 amide bonds. The quantitative estimate of drug-likeness (QED) is 0.153. The number of carboxylic acids is 1. The van der Waals surface area contributed by atoms with Crippen LogP contribution in [0.15, 0.2) is 82.2 Å². The molecule has 5 unspecified atom stereocenters. The molecule has 1 saturated heterocycles. The number of hydrogen-bond donors (Lipinski definition) is 3. The zero-order valence-electron chi connectivity index (χ0n) is 24.9. The van der Waals surface area contributed by atoms with E-state index in [9.17, 15) is 24.6 Å². The average molecular weight is 643 g/mol. The van der Waals surface area contributed by atoms with Crippen molar-refractivity contribution in [3.63, 3.8) is 0 Å². The van der Waals surface area contributed by atoms with Gasteiger partial charge in [-0.05, 0) is 47.4 Å². The molecule has 2 aliphatic rings. The van der Waals surface area contributed by atoms with Crippen molar-refractivity contribution in [3.05, 3.63) is 94.3 Å². The van der Waals surface area contributed by atoms with Crippen molar-refractivity contribution in [2.24, 2.45) is 0 Å². The first kappa shape index (κ1) is 31.6. The summed E-state index contributed by atoms with van der Waals surface area (Å²) < 4.78 is 35.2. The minimum absolute atomic E-state index is 0.0679. The lowest BCUT2D eigenvalue weighted by molar-refractivity contribution is -0.287. The Morgan fingerprint density at radius 1 is 1.00 bits per heavy atom. The van der Waals surface area contributed by atoms with E-state index in [1.807, 2.05) is 24.3 Å². The number of carbonyl (C=O) groups excluding carboxylic acids is 1. The summed E-state index contributed by atoms with van der Waals surface area (Å²) in [7, 11) is 0. The first-order chi connectivity index (χ1) is 22.8. The molecule has 5 atom stereocenters. The normalized spacial score (nSPS) is 22.3. The molecular formula is C35H30O12. The number of rotatable bonds is 7. The fourth-order valence-corrected chi connectivity index (χ4v) is 5.46. The number of esters is 1. The Balaban J connectivity index is 1.28. The van der Waals surface area contributed by atoms with Crippen molar-refractivity contribution in [2.75, 3.05) is 13.2 Å². The minimum Gasteiger partial charge on any atom is -0.508 e. The molecule has 3 aromatic carbocycles. The van der Waals surface area contributed by atoms with Crippen LogP contribution in [-0.2, 0) is 41.4 Å². The van der Waals surface area contributed by atoms with Gasteiger partial charge in [0, 0.05) is 12.5 Å². The zero-order chi connectivity index (χ0) is 32.9. The lowest BCUT2D eigenvalue weighted by Crippen LogP contribution is -2.61. The van der Waals surface area contributed by atoms with Gasteiger partial charge in [-0.15, -0.1) is 0 Å². The van der Waals surface area contributed by atoms with E-state index in [0.29, 0.717) is 24.0 Å². The van der Waals surface area contributed by atoms with Crippen LogP contribution in [0.4, 0.5) is 0 Å². The van der Waals surface area contributed by atoms with E-state index in [1.54, 1.807) is 18.2 Å². The maximum Gasteiger partial charge on any atom is 0.317 e. The summed E-state index contributed by atoms with van der Waals surface area (Å²) in [4.78, 5) is 36.2. The van der Waals surface area contributed by atoms with Crippen molar-refractivity contribution >= 4 is 22.9 Å². The molecule has 12 heteroatoms. The number of phenolic OH excluding ortho intramolecular Hbond substituents is 1. The van der Waals surface area contributed by atoms with Crippen LogP contribution in [0.25, 0.3) is 22.1 Å². The number of benzene rings is 3. The number of carboxylic acid groups (broad SMARTS) is 1. The maximum absolute atomic E-state index is 13.3. The number of fused-ring (bicyclic) bond motifs is 3. The second kappa shape index (κ2) is 14.0. The fourth-order valence-electron chi connectivity index (χ4n) is 5.46. The molecule has 1 fully saturated rings. The number of aliphatic hydroxyl groups is 1. The third kappa shape index (κ3) is 7.23. The third-order valence-electron chi connectivity index (χ3n) is 7.85. The maximum atomic E-state index is 13.3. The summed E-state index contributed by atoms with van der Waals surface area (Å²) in [5, 5.41) is 30.0. The highest BCUT2D eigenvalue weighted by molar-refractivity contribution is 5.90. The van der Waals surface area contributed by atoms with E-state index in [-0.39, 0.29) is 34.5 Å². The Labute approximate surface area is 268 Å². The molecule has 0 aliphatic carbocycles. The molecule has 47 heavy (non-hydrogen) atoms. The summed E-state index contributed by atoms with van der Waals surface area (Å²) in [6.07, 6.45) is -1.91. The first-order valence-corrected chi connectivity index (χ1v) is 14.8. The monoisotopic (exact) mass is 642 g/mol. The van der Waals surface area contributed by atoms with Gasteiger partial charge < -0.3 is 43.4 Å². The highest BCUT2D eigenvalue weighted by Gasteiger charge is 2.49. The van der Waals surface area contributed by atoms with Crippen molar-refractivity contribution in [1.82, 2.24) is 0 Å². The first-order valence-electron chi connectivity index (χ1n) is 14.8. The minimum atomic E-state index is -1.40. The number of aliphatic carboxylic acids is 1. The highest BCUT2D eigenvalue weighted by atomic mass is 16.7. The Bertz CT molecular complexity index is 1890. The molecule has 12 nitrogen and oxygen atoms in total. The van der Waals surface area contributed by atoms with Gasteiger partial charge in [-0.3, -0.25) is 14.4 Å². The van der Waals surface area contributed by atoms with Crippen LogP contribution >= 0.6 is 0 Å². The molecule has 242 valence electrons. The van der Waals surface area contributed by atoms with Gasteiger partial charge in [0.2, 0.25) is 6.29 Å². The summed E-state index contributed by atoms with van der Waals surface area (Å²) in [5.41, 5.74) is 2.87. The molecule has 3 N–H and O–H groups in total. The van der Waals surface area contributed by atoms with Crippen LogP contribution in [0, 0.1) is 12.0 Å². The van der Waals surface area contributed by atoms with E-state index in [4.69, 9.17) is 33.2 Å². The summed E-state index contributed by atoms with van der Waals surface area (Å²) >= 11 is 0. The number of carbonyl (C=O) groups is 2. The number of aliphatic hydroxyl groups excluding tert-OH is 1. The van der Waals surface area contributed by atoms with Crippen LogP contribution in [0.2, 0.25) is 0 Å². The van der Waals surface area contributed by atoms with Crippen molar-refractivity contribution in [1.29, 1.82) is 0 Å². The summed E-state index contributed by atoms with van der Waals surface area (Å²) in [6, 6.07) is 18.5. The van der Waals surface area contributed by atoms with Crippen LogP contribution in [0.1, 0.15) is 17.5 Å². The second-order valence-corrected chi connectivity index (χ2v) is 11.0. The smallest absolute Gasteiger partial charge is 0.317 e. The summed E-state index contributed by atoms with van der Waals surface area (Å²) in [6.45, 7) is -0.284. The van der Waals surface area contributed by atoms with Gasteiger partial charge in [0.15, 0.2) is 17.6 Å². The van der Waals surface area contributed by atoms with E-state index in [1.165, 1.54) is 30.5 Å². The molecule has 0 saturated carbocycles. The van der Waals surface area contributed by atoms with Crippen LogP contribution in [-0.4, -0.2) is 71.2 Å². The predicted octanol–water partition coefficient (Wildman–Crippen LogP) is 3.18. The molecule has 0 spiro atoms. The zero-order valence-corrected chi connectivity index (χ0v) is 24.9. The number of ether oxygens (including phenoxy) is 5. The molecule has 6 rings (SSSR count). The van der Waals surface area contributed by atoms with Crippen LogP contribution < -0.4 is 10.2 Å². The van der Waals surface area contributed by atoms with Gasteiger partial charge in [0.25, 0.3) is 0 Å². The van der Waals surface area contributed by atoms with Gasteiger partial charge in [-0.1, -0.05) is 42.3 Å². The Kier molecular flexibility index (Phi) is 9.40. The van der Waals surface area contributed by atoms with E-state index in [2.05, 4.69) is 12.0 Å². The van der Waals surface area contributed by atoms with Crippen LogP contribution in [0.5, 0.6) is 11.5 Å². The van der Waals surface area contributed by atoms with Crippen molar-refractivity contribution < 1.29 is 53.0 Å². The highest BCUT2D eigenvalue weighted by Crippen LogP contribution is 2.31. The molecule has 3 heterocycles. The Hall–Kier alpha value is -5.35. The van der Waals surface area contributed by atoms with Crippen molar-refractivity contribution in [2.45, 2.75) is 50.0 Å².